The van der Waals surface area contributed by atoms with Gasteiger partial charge in [-0.1, -0.05) is 64.1 Å². The van der Waals surface area contributed by atoms with Gasteiger partial charge in [0, 0.05) is 0 Å². The van der Waals surface area contributed by atoms with E-state index in [2.05, 4.69) is 8.37 Å². The standard InChI is InChI=1S/C12H10O.2C2H6.2CH4O3S.2Na/c1-3-7-11(8-4-1)13-12-9-5-2-6-10-12;2*1-2;2*1-4-5(2)3;;/h1-10H;2*1-2H3;2*1H3,(H,2,3);;/q;;;;;2*+1/p-2. The molecule has 11 heteroatoms. The van der Waals surface area contributed by atoms with Crippen molar-refractivity contribution in [2.24, 2.45) is 0 Å². The molecule has 0 fully saturated rings. The Labute approximate surface area is 224 Å². The Morgan fingerprint density at radius 1 is 0.621 bits per heavy atom. The summed E-state index contributed by atoms with van der Waals surface area (Å²) in [6.45, 7) is 8.00. The first-order valence-corrected chi connectivity index (χ1v) is 10.0. The molecule has 0 aromatic heterocycles. The Balaban J connectivity index is -0.000000103. The topological polar surface area (TPSA) is 108 Å². The molecule has 0 bridgehead atoms. The van der Waals surface area contributed by atoms with Crippen LogP contribution in [0.25, 0.3) is 0 Å². The Kier molecular flexibility index (Phi) is 45.3. The van der Waals surface area contributed by atoms with Gasteiger partial charge in [-0.25, -0.2) is 8.42 Å². The first-order valence-electron chi connectivity index (χ1n) is 8.05. The van der Waals surface area contributed by atoms with Gasteiger partial charge < -0.3 is 22.2 Å². The quantitative estimate of drug-likeness (QED) is 0.394. The molecule has 156 valence electrons. The third-order valence-electron chi connectivity index (χ3n) is 1.99. The Bertz CT molecular complexity index is 525. The van der Waals surface area contributed by atoms with Gasteiger partial charge in [-0.2, -0.15) is 0 Å². The van der Waals surface area contributed by atoms with E-state index < -0.39 is 22.7 Å². The number of ether oxygens (including phenoxy) is 1. The molecule has 2 aromatic rings. The van der Waals surface area contributed by atoms with Crippen LogP contribution in [0.15, 0.2) is 60.7 Å². The van der Waals surface area contributed by atoms with Gasteiger partial charge in [0.15, 0.2) is 0 Å². The SMILES string of the molecule is CC.CC.COS(=O)[O-].COS(=O)[O-].[Na+].[Na+].c1ccc(Oc2ccccc2)cc1. The van der Waals surface area contributed by atoms with E-state index >= 15 is 0 Å². The van der Waals surface area contributed by atoms with E-state index in [4.69, 9.17) is 22.3 Å². The van der Waals surface area contributed by atoms with E-state index in [1.54, 1.807) is 0 Å². The molecular formula is C18H28Na2O7S2. The minimum absolute atomic E-state index is 0. The van der Waals surface area contributed by atoms with Gasteiger partial charge in [0.2, 0.25) is 0 Å². The maximum absolute atomic E-state index is 9.15. The predicted octanol–water partition coefficient (Wildman–Crippen LogP) is -1.61. The van der Waals surface area contributed by atoms with Crippen molar-refractivity contribution in [3.05, 3.63) is 60.7 Å². The van der Waals surface area contributed by atoms with Crippen LogP contribution in [0.3, 0.4) is 0 Å². The molecule has 0 aliphatic carbocycles. The molecule has 0 heterocycles. The molecule has 0 saturated carbocycles. The van der Waals surface area contributed by atoms with Crippen LogP contribution in [-0.4, -0.2) is 31.7 Å². The van der Waals surface area contributed by atoms with E-state index in [1.165, 1.54) is 0 Å². The largest absolute Gasteiger partial charge is 1.00 e. The zero-order valence-corrected chi connectivity index (χ0v) is 24.1. The van der Waals surface area contributed by atoms with Gasteiger partial charge in [-0.3, -0.25) is 0 Å². The molecule has 7 nitrogen and oxygen atoms in total. The van der Waals surface area contributed by atoms with Gasteiger partial charge in [-0.05, 0) is 24.3 Å². The summed E-state index contributed by atoms with van der Waals surface area (Å²) in [6.07, 6.45) is 0. The smallest absolute Gasteiger partial charge is 0.750 e. The minimum atomic E-state index is -2.32. The zero-order valence-electron chi connectivity index (χ0n) is 18.4. The number of para-hydroxylation sites is 2. The first-order chi connectivity index (χ1) is 13.0. The summed E-state index contributed by atoms with van der Waals surface area (Å²) in [5.74, 6) is 1.74. The van der Waals surface area contributed by atoms with Gasteiger partial charge in [-0.15, -0.1) is 0 Å². The monoisotopic (exact) mass is 466 g/mol. The minimum Gasteiger partial charge on any atom is -0.750 e. The summed E-state index contributed by atoms with van der Waals surface area (Å²) in [7, 11) is 2.17. The van der Waals surface area contributed by atoms with Crippen molar-refractivity contribution >= 4 is 22.7 Å². The maximum atomic E-state index is 9.15. The van der Waals surface area contributed by atoms with Crippen molar-refractivity contribution in [2.45, 2.75) is 27.7 Å². The molecule has 2 atom stereocenters. The Hall–Kier alpha value is 0.380. The fourth-order valence-electron chi connectivity index (χ4n) is 1.11. The zero-order chi connectivity index (χ0) is 21.5. The van der Waals surface area contributed by atoms with Crippen molar-refractivity contribution < 1.29 is 89.7 Å². The summed E-state index contributed by atoms with van der Waals surface area (Å²) in [5.41, 5.74) is 0. The summed E-state index contributed by atoms with van der Waals surface area (Å²) in [4.78, 5) is 0. The van der Waals surface area contributed by atoms with E-state index in [9.17, 15) is 0 Å². The van der Waals surface area contributed by atoms with Crippen LogP contribution in [-0.2, 0) is 31.1 Å². The third-order valence-corrected chi connectivity index (χ3v) is 2.54. The van der Waals surface area contributed by atoms with Gasteiger partial charge in [0.25, 0.3) is 0 Å². The van der Waals surface area contributed by atoms with Crippen LogP contribution in [0.2, 0.25) is 0 Å². The second kappa shape index (κ2) is 33.0. The molecule has 0 N–H and O–H groups in total. The average molecular weight is 467 g/mol. The van der Waals surface area contributed by atoms with Crippen LogP contribution in [0, 0.1) is 0 Å². The molecule has 0 radical (unpaired) electrons. The van der Waals surface area contributed by atoms with Crippen LogP contribution >= 0.6 is 0 Å². The fraction of sp³-hybridized carbons (Fsp3) is 0.333. The number of hydrogen-bond donors (Lipinski definition) is 0. The van der Waals surface area contributed by atoms with Crippen molar-refractivity contribution in [1.82, 2.24) is 0 Å². The van der Waals surface area contributed by atoms with E-state index in [1.807, 2.05) is 88.4 Å². The van der Waals surface area contributed by atoms with Crippen molar-refractivity contribution in [2.75, 3.05) is 14.2 Å². The van der Waals surface area contributed by atoms with Crippen molar-refractivity contribution in [1.29, 1.82) is 0 Å². The predicted molar refractivity (Wildman–Crippen MR) is 108 cm³/mol. The van der Waals surface area contributed by atoms with E-state index in [0.29, 0.717) is 0 Å². The molecule has 0 saturated heterocycles. The van der Waals surface area contributed by atoms with Crippen molar-refractivity contribution in [3.8, 4) is 11.5 Å². The van der Waals surface area contributed by atoms with Crippen molar-refractivity contribution in [3.63, 3.8) is 0 Å². The third kappa shape index (κ3) is 33.2. The Morgan fingerprint density at radius 3 is 1.00 bits per heavy atom. The van der Waals surface area contributed by atoms with Gasteiger partial charge in [0.1, 0.15) is 11.5 Å². The van der Waals surface area contributed by atoms with Crippen LogP contribution < -0.4 is 63.9 Å². The summed E-state index contributed by atoms with van der Waals surface area (Å²) >= 11 is -4.65. The normalized spacial score (nSPS) is 9.79. The summed E-state index contributed by atoms with van der Waals surface area (Å²) < 4.78 is 49.5. The molecule has 0 aliphatic heterocycles. The summed E-state index contributed by atoms with van der Waals surface area (Å²) in [5, 5.41) is 0. The molecule has 2 rings (SSSR count). The van der Waals surface area contributed by atoms with Gasteiger partial charge in [0.05, 0.1) is 36.9 Å². The molecular weight excluding hydrogens is 438 g/mol. The van der Waals surface area contributed by atoms with Crippen LogP contribution in [0.4, 0.5) is 0 Å². The Morgan fingerprint density at radius 2 is 0.828 bits per heavy atom. The van der Waals surface area contributed by atoms with E-state index in [-0.39, 0.29) is 59.1 Å². The molecule has 2 aromatic carbocycles. The number of hydrogen-bond acceptors (Lipinski definition) is 7. The van der Waals surface area contributed by atoms with Crippen LogP contribution in [0.5, 0.6) is 11.5 Å². The average Bonchev–Trinajstić information content (AvgIpc) is 2.73. The number of benzene rings is 2. The van der Waals surface area contributed by atoms with Crippen LogP contribution in [0.1, 0.15) is 27.7 Å². The first kappa shape index (κ1) is 39.8. The number of rotatable bonds is 4. The fourth-order valence-corrected chi connectivity index (χ4v) is 1.11. The molecule has 2 unspecified atom stereocenters. The summed E-state index contributed by atoms with van der Waals surface area (Å²) in [6, 6.07) is 19.5. The second-order valence-electron chi connectivity index (χ2n) is 3.47. The van der Waals surface area contributed by atoms with E-state index in [0.717, 1.165) is 25.7 Å². The molecule has 29 heavy (non-hydrogen) atoms. The maximum Gasteiger partial charge on any atom is 1.00 e. The second-order valence-corrected chi connectivity index (χ2v) is 4.95. The molecule has 0 spiro atoms. The molecule has 0 aliphatic rings. The van der Waals surface area contributed by atoms with Gasteiger partial charge >= 0.3 is 59.1 Å². The molecule has 0 amide bonds.